The minimum absolute atomic E-state index is 0.137. The van der Waals surface area contributed by atoms with E-state index in [9.17, 15) is 9.59 Å². The molecule has 0 bridgehead atoms. The number of ether oxygens (including phenoxy) is 1. The predicted octanol–water partition coefficient (Wildman–Crippen LogP) is 4.14. The van der Waals surface area contributed by atoms with E-state index in [1.807, 2.05) is 0 Å². The first-order valence-electron chi connectivity index (χ1n) is 6.63. The largest absolute Gasteiger partial charge is 0.465 e. The van der Waals surface area contributed by atoms with E-state index >= 15 is 0 Å². The van der Waals surface area contributed by atoms with Crippen molar-refractivity contribution in [1.82, 2.24) is 10.2 Å². The molecule has 0 radical (unpaired) electrons. The number of benzene rings is 1. The number of hydrogen-bond acceptors (Lipinski definition) is 7. The van der Waals surface area contributed by atoms with Gasteiger partial charge in [0.1, 0.15) is 0 Å². The van der Waals surface area contributed by atoms with Gasteiger partial charge in [-0.15, -0.1) is 10.2 Å². The minimum atomic E-state index is -0.494. The summed E-state index contributed by atoms with van der Waals surface area (Å²) in [6.07, 6.45) is 0. The normalized spacial score (nSPS) is 10.3. The number of thioether (sulfide) groups is 1. The van der Waals surface area contributed by atoms with Gasteiger partial charge in [-0.05, 0) is 25.1 Å². The van der Waals surface area contributed by atoms with Crippen molar-refractivity contribution < 1.29 is 14.3 Å². The summed E-state index contributed by atoms with van der Waals surface area (Å²) in [5, 5.41) is 13.9. The number of carbonyl (C=O) groups excluding carboxylic acids is 2. The zero-order chi connectivity index (χ0) is 17.5. The molecule has 2 rings (SSSR count). The molecular weight excluding hydrogens is 395 g/mol. The molecule has 11 heteroatoms. The lowest BCUT2D eigenvalue weighted by molar-refractivity contribution is -0.139. The number of esters is 1. The number of nitrogens with zero attached hydrogens (tertiary/aromatic N) is 2. The highest BCUT2D eigenvalue weighted by Crippen LogP contribution is 2.27. The molecule has 0 saturated heterocycles. The van der Waals surface area contributed by atoms with Gasteiger partial charge in [0, 0.05) is 5.69 Å². The summed E-state index contributed by atoms with van der Waals surface area (Å²) in [6.45, 7) is 2.07. The van der Waals surface area contributed by atoms with E-state index in [-0.39, 0.29) is 11.7 Å². The fourth-order valence-electron chi connectivity index (χ4n) is 1.48. The Morgan fingerprint density at radius 2 is 2.04 bits per heavy atom. The summed E-state index contributed by atoms with van der Waals surface area (Å²) < 4.78 is 5.37. The molecule has 1 heterocycles. The highest BCUT2D eigenvalue weighted by Gasteiger charge is 2.11. The van der Waals surface area contributed by atoms with Crippen LogP contribution in [-0.2, 0) is 9.53 Å². The van der Waals surface area contributed by atoms with Crippen molar-refractivity contribution in [3.63, 3.8) is 0 Å². The van der Waals surface area contributed by atoms with Gasteiger partial charge >= 0.3 is 12.0 Å². The first-order chi connectivity index (χ1) is 11.5. The van der Waals surface area contributed by atoms with Crippen LogP contribution in [0.15, 0.2) is 22.5 Å². The van der Waals surface area contributed by atoms with Gasteiger partial charge in [-0.3, -0.25) is 10.1 Å². The van der Waals surface area contributed by atoms with Crippen molar-refractivity contribution in [3.8, 4) is 0 Å². The van der Waals surface area contributed by atoms with E-state index in [0.29, 0.717) is 31.8 Å². The molecule has 1 aromatic carbocycles. The lowest BCUT2D eigenvalue weighted by atomic mass is 10.3. The maximum atomic E-state index is 11.9. The van der Waals surface area contributed by atoms with Crippen LogP contribution in [0.25, 0.3) is 0 Å². The van der Waals surface area contributed by atoms with Gasteiger partial charge in [-0.25, -0.2) is 4.79 Å². The Balaban J connectivity index is 1.86. The molecule has 0 atom stereocenters. The van der Waals surface area contributed by atoms with Crippen LogP contribution in [0, 0.1) is 0 Å². The lowest BCUT2D eigenvalue weighted by Crippen LogP contribution is -2.19. The maximum absolute atomic E-state index is 11.9. The van der Waals surface area contributed by atoms with Crippen LogP contribution in [0.4, 0.5) is 15.6 Å². The Hall–Kier alpha value is -1.55. The highest BCUT2D eigenvalue weighted by atomic mass is 35.5. The zero-order valence-electron chi connectivity index (χ0n) is 12.3. The summed E-state index contributed by atoms with van der Waals surface area (Å²) in [5.41, 5.74) is 0.489. The number of urea groups is 1. The average Bonchev–Trinajstić information content (AvgIpc) is 2.96. The summed E-state index contributed by atoms with van der Waals surface area (Å²) in [6, 6.07) is 4.24. The molecule has 2 N–H and O–H groups in total. The molecule has 0 spiro atoms. The molecule has 0 unspecified atom stereocenters. The van der Waals surface area contributed by atoms with Crippen molar-refractivity contribution in [3.05, 3.63) is 28.2 Å². The standard InChI is InChI=1S/C13H12Cl2N4O3S2/c1-2-22-10(20)6-23-13-19-18-12(24-13)17-11(21)16-7-3-4-8(14)9(15)5-7/h3-5H,2,6H2,1H3,(H2,16,17,18,21). The third-order valence-corrected chi connectivity index (χ3v) is 5.11. The van der Waals surface area contributed by atoms with Crippen molar-refractivity contribution in [2.45, 2.75) is 11.3 Å². The van der Waals surface area contributed by atoms with E-state index in [0.717, 1.165) is 11.3 Å². The van der Waals surface area contributed by atoms with Gasteiger partial charge in [0.05, 0.1) is 22.4 Å². The van der Waals surface area contributed by atoms with E-state index in [4.69, 9.17) is 27.9 Å². The highest BCUT2D eigenvalue weighted by molar-refractivity contribution is 8.01. The molecular formula is C13H12Cl2N4O3S2. The second kappa shape index (κ2) is 9.07. The summed E-state index contributed by atoms with van der Waals surface area (Å²) in [5.74, 6) is -0.192. The number of amides is 2. The first kappa shape index (κ1) is 18.8. The van der Waals surface area contributed by atoms with E-state index in [1.54, 1.807) is 19.1 Å². The quantitative estimate of drug-likeness (QED) is 0.425. The van der Waals surface area contributed by atoms with Crippen LogP contribution < -0.4 is 10.6 Å². The van der Waals surface area contributed by atoms with Crippen molar-refractivity contribution >= 4 is 69.1 Å². The topological polar surface area (TPSA) is 93.2 Å². The number of nitrogens with one attached hydrogen (secondary N) is 2. The number of anilines is 2. The smallest absolute Gasteiger partial charge is 0.325 e. The van der Waals surface area contributed by atoms with Gasteiger partial charge in [0.2, 0.25) is 5.13 Å². The SMILES string of the molecule is CCOC(=O)CSc1nnc(NC(=O)Nc2ccc(Cl)c(Cl)c2)s1. The zero-order valence-corrected chi connectivity index (χ0v) is 15.5. The first-order valence-corrected chi connectivity index (χ1v) is 9.18. The molecule has 24 heavy (non-hydrogen) atoms. The van der Waals surface area contributed by atoms with Crippen molar-refractivity contribution in [2.75, 3.05) is 23.0 Å². The fraction of sp³-hybridized carbons (Fsp3) is 0.231. The molecule has 128 valence electrons. The number of hydrogen-bond donors (Lipinski definition) is 2. The number of rotatable bonds is 6. The third-order valence-electron chi connectivity index (χ3n) is 2.42. The van der Waals surface area contributed by atoms with Crippen LogP contribution in [0.2, 0.25) is 10.0 Å². The Morgan fingerprint density at radius 1 is 1.25 bits per heavy atom. The second-order valence-corrected chi connectivity index (χ2v) is 7.19. The van der Waals surface area contributed by atoms with Gasteiger partial charge in [0.25, 0.3) is 0 Å². The Kier molecular flexibility index (Phi) is 7.10. The van der Waals surface area contributed by atoms with Crippen LogP contribution in [-0.4, -0.2) is 34.6 Å². The molecule has 0 aliphatic carbocycles. The molecule has 0 aliphatic rings. The van der Waals surface area contributed by atoms with Crippen molar-refractivity contribution in [1.29, 1.82) is 0 Å². The summed E-state index contributed by atoms with van der Waals surface area (Å²) in [7, 11) is 0. The molecule has 7 nitrogen and oxygen atoms in total. The van der Waals surface area contributed by atoms with Gasteiger partial charge in [-0.1, -0.05) is 46.3 Å². The van der Waals surface area contributed by atoms with Crippen LogP contribution in [0.1, 0.15) is 6.92 Å². The van der Waals surface area contributed by atoms with Crippen molar-refractivity contribution in [2.24, 2.45) is 0 Å². The van der Waals surface area contributed by atoms with E-state index in [2.05, 4.69) is 20.8 Å². The average molecular weight is 407 g/mol. The van der Waals surface area contributed by atoms with E-state index in [1.165, 1.54) is 17.8 Å². The summed E-state index contributed by atoms with van der Waals surface area (Å²) in [4.78, 5) is 23.2. The van der Waals surface area contributed by atoms with E-state index < -0.39 is 6.03 Å². The molecule has 1 aromatic heterocycles. The van der Waals surface area contributed by atoms with Gasteiger partial charge < -0.3 is 10.1 Å². The molecule has 0 aliphatic heterocycles. The van der Waals surface area contributed by atoms with Gasteiger partial charge in [-0.2, -0.15) is 0 Å². The Bertz CT molecular complexity index is 742. The van der Waals surface area contributed by atoms with Crippen LogP contribution >= 0.6 is 46.3 Å². The predicted molar refractivity (Wildman–Crippen MR) is 96.4 cm³/mol. The molecule has 2 aromatic rings. The number of aromatic nitrogens is 2. The Morgan fingerprint density at radius 3 is 2.75 bits per heavy atom. The monoisotopic (exact) mass is 406 g/mol. The second-order valence-electron chi connectivity index (χ2n) is 4.17. The molecule has 0 fully saturated rings. The number of halogens is 2. The summed E-state index contributed by atoms with van der Waals surface area (Å²) >= 11 is 14.0. The lowest BCUT2D eigenvalue weighted by Gasteiger charge is -2.05. The van der Waals surface area contributed by atoms with Crippen LogP contribution in [0.5, 0.6) is 0 Å². The fourth-order valence-corrected chi connectivity index (χ4v) is 3.32. The number of carbonyl (C=O) groups is 2. The molecule has 0 saturated carbocycles. The molecule has 2 amide bonds. The Labute approximate surface area is 156 Å². The third kappa shape index (κ3) is 5.82. The maximum Gasteiger partial charge on any atom is 0.325 e. The minimum Gasteiger partial charge on any atom is -0.465 e. The van der Waals surface area contributed by atoms with Gasteiger partial charge in [0.15, 0.2) is 4.34 Å². The van der Waals surface area contributed by atoms with Crippen LogP contribution in [0.3, 0.4) is 0 Å².